The molecule has 2 aliphatic heterocycles. The molecule has 1 aromatic carbocycles. The van der Waals surface area contributed by atoms with Crippen molar-refractivity contribution in [1.29, 1.82) is 0 Å². The van der Waals surface area contributed by atoms with Gasteiger partial charge in [0.25, 0.3) is 0 Å². The largest absolute Gasteiger partial charge is 0.493 e. The Balaban J connectivity index is 1.16. The highest BCUT2D eigenvalue weighted by molar-refractivity contribution is 5.85. The van der Waals surface area contributed by atoms with Crippen molar-refractivity contribution in [1.82, 2.24) is 4.90 Å². The molecule has 1 amide bonds. The molecule has 5 rings (SSSR count). The third-order valence-electron chi connectivity index (χ3n) is 7.79. The second kappa shape index (κ2) is 8.22. The topological polar surface area (TPSA) is 65.4 Å². The van der Waals surface area contributed by atoms with E-state index in [-0.39, 0.29) is 36.1 Å². The summed E-state index contributed by atoms with van der Waals surface area (Å²) in [6, 6.07) is 7.56. The number of likely N-dealkylation sites (tertiary alicyclic amines) is 1. The molecule has 1 saturated heterocycles. The van der Waals surface area contributed by atoms with Crippen LogP contribution in [0.3, 0.4) is 0 Å². The van der Waals surface area contributed by atoms with Crippen LogP contribution in [0.4, 0.5) is 14.5 Å². The standard InChI is InChI=1S/C25H33F2N3O3/c1-23(6-7-23)22(31)29-11-8-24(32,9-12-29)16-20-5-10-28-30(20)19-3-2-4-21(13-19)33-17-18-14-25(26,27)15-18/h2-4,10,13,18,20,32H,5-9,11-12,14-17H2,1H3. The van der Waals surface area contributed by atoms with Gasteiger partial charge in [-0.25, -0.2) is 8.78 Å². The molecule has 0 radical (unpaired) electrons. The van der Waals surface area contributed by atoms with Crippen LogP contribution in [-0.2, 0) is 4.79 Å². The van der Waals surface area contributed by atoms with Gasteiger partial charge < -0.3 is 14.7 Å². The maximum atomic E-state index is 13.0. The number of anilines is 1. The smallest absolute Gasteiger partial charge is 0.248 e. The Labute approximate surface area is 193 Å². The van der Waals surface area contributed by atoms with E-state index < -0.39 is 11.5 Å². The van der Waals surface area contributed by atoms with Crippen LogP contribution in [-0.4, -0.2) is 59.4 Å². The minimum Gasteiger partial charge on any atom is -0.493 e. The number of benzene rings is 1. The number of ether oxygens (including phenoxy) is 1. The van der Waals surface area contributed by atoms with Gasteiger partial charge >= 0.3 is 0 Å². The van der Waals surface area contributed by atoms with Gasteiger partial charge in [-0.3, -0.25) is 9.80 Å². The van der Waals surface area contributed by atoms with Crippen molar-refractivity contribution < 1.29 is 23.4 Å². The Morgan fingerprint density at radius 3 is 2.61 bits per heavy atom. The van der Waals surface area contributed by atoms with E-state index in [0.717, 1.165) is 24.9 Å². The van der Waals surface area contributed by atoms with Crippen molar-refractivity contribution >= 4 is 17.8 Å². The molecule has 3 fully saturated rings. The van der Waals surface area contributed by atoms with E-state index in [2.05, 4.69) is 5.10 Å². The number of carbonyl (C=O) groups is 1. The molecular weight excluding hydrogens is 428 g/mol. The average molecular weight is 462 g/mol. The number of halogens is 2. The van der Waals surface area contributed by atoms with Gasteiger partial charge in [0.2, 0.25) is 11.8 Å². The number of rotatable bonds is 7. The predicted octanol–water partition coefficient (Wildman–Crippen LogP) is 4.22. The fourth-order valence-electron chi connectivity index (χ4n) is 5.28. The predicted molar refractivity (Wildman–Crippen MR) is 122 cm³/mol. The maximum absolute atomic E-state index is 13.0. The second-order valence-electron chi connectivity index (χ2n) is 10.8. The van der Waals surface area contributed by atoms with Gasteiger partial charge in [-0.15, -0.1) is 0 Å². The summed E-state index contributed by atoms with van der Waals surface area (Å²) in [6.07, 6.45) is 6.07. The molecule has 0 bridgehead atoms. The minimum absolute atomic E-state index is 0.0266. The van der Waals surface area contributed by atoms with Crippen LogP contribution in [0, 0.1) is 11.3 Å². The molecule has 8 heteroatoms. The Kier molecular flexibility index (Phi) is 5.62. The zero-order valence-electron chi connectivity index (χ0n) is 19.2. The molecule has 180 valence electrons. The molecule has 2 saturated carbocycles. The fourth-order valence-corrected chi connectivity index (χ4v) is 5.28. The molecule has 6 nitrogen and oxygen atoms in total. The number of piperidine rings is 1. The molecule has 1 unspecified atom stereocenters. The van der Waals surface area contributed by atoms with Gasteiger partial charge in [-0.05, 0) is 44.2 Å². The van der Waals surface area contributed by atoms with Crippen LogP contribution < -0.4 is 9.75 Å². The fraction of sp³-hybridized carbons (Fsp3) is 0.680. The summed E-state index contributed by atoms with van der Waals surface area (Å²) in [7, 11) is 0. The zero-order valence-corrected chi connectivity index (χ0v) is 19.2. The normalized spacial score (nSPS) is 27.3. The van der Waals surface area contributed by atoms with E-state index >= 15 is 0 Å². The third kappa shape index (κ3) is 4.86. The minimum atomic E-state index is -2.53. The maximum Gasteiger partial charge on any atom is 0.248 e. The van der Waals surface area contributed by atoms with Crippen molar-refractivity contribution in [3.8, 4) is 5.75 Å². The number of alkyl halides is 2. The van der Waals surface area contributed by atoms with Crippen molar-refractivity contribution in [2.24, 2.45) is 16.4 Å². The van der Waals surface area contributed by atoms with E-state index in [9.17, 15) is 18.7 Å². The summed E-state index contributed by atoms with van der Waals surface area (Å²) in [5.41, 5.74) is -0.123. The Bertz CT molecular complexity index is 917. The quantitative estimate of drug-likeness (QED) is 0.660. The number of hydrazone groups is 1. The first kappa shape index (κ1) is 22.6. The van der Waals surface area contributed by atoms with E-state index in [0.29, 0.717) is 44.7 Å². The lowest BCUT2D eigenvalue weighted by Crippen LogP contribution is -2.50. The molecule has 2 aliphatic carbocycles. The van der Waals surface area contributed by atoms with Gasteiger partial charge in [-0.2, -0.15) is 5.10 Å². The van der Waals surface area contributed by atoms with Gasteiger partial charge in [0.15, 0.2) is 0 Å². The molecule has 33 heavy (non-hydrogen) atoms. The monoisotopic (exact) mass is 461 g/mol. The highest BCUT2D eigenvalue weighted by atomic mass is 19.3. The molecule has 1 N–H and O–H groups in total. The SMILES string of the molecule is CC1(C(=O)N2CCC(O)(CC3CC=NN3c3cccc(OCC4CC(F)(F)C4)c3)CC2)CC1. The highest BCUT2D eigenvalue weighted by Gasteiger charge is 2.49. The molecule has 1 atom stereocenters. The molecule has 4 aliphatic rings. The van der Waals surface area contributed by atoms with Gasteiger partial charge in [-0.1, -0.05) is 13.0 Å². The van der Waals surface area contributed by atoms with Gasteiger partial charge in [0.05, 0.1) is 23.9 Å². The highest BCUT2D eigenvalue weighted by Crippen LogP contribution is 2.47. The number of nitrogens with zero attached hydrogens (tertiary/aromatic N) is 3. The molecule has 2 heterocycles. The summed E-state index contributed by atoms with van der Waals surface area (Å²) < 4.78 is 31.9. The number of amides is 1. The van der Waals surface area contributed by atoms with E-state index in [1.54, 1.807) is 0 Å². The first-order valence-corrected chi connectivity index (χ1v) is 12.1. The Morgan fingerprint density at radius 2 is 1.94 bits per heavy atom. The summed E-state index contributed by atoms with van der Waals surface area (Å²) >= 11 is 0. The summed E-state index contributed by atoms with van der Waals surface area (Å²) in [5.74, 6) is -1.76. The number of hydrogen-bond acceptors (Lipinski definition) is 5. The van der Waals surface area contributed by atoms with Crippen LogP contribution in [0.1, 0.15) is 58.3 Å². The lowest BCUT2D eigenvalue weighted by molar-refractivity contribution is -0.141. The average Bonchev–Trinajstić information content (AvgIpc) is 3.35. The second-order valence-corrected chi connectivity index (χ2v) is 10.8. The van der Waals surface area contributed by atoms with Crippen LogP contribution >= 0.6 is 0 Å². The van der Waals surface area contributed by atoms with Crippen molar-refractivity contribution in [3.63, 3.8) is 0 Å². The Morgan fingerprint density at radius 1 is 1.21 bits per heavy atom. The molecular formula is C25H33F2N3O3. The van der Waals surface area contributed by atoms with Crippen LogP contribution in [0.25, 0.3) is 0 Å². The van der Waals surface area contributed by atoms with Gasteiger partial charge in [0, 0.05) is 56.0 Å². The van der Waals surface area contributed by atoms with E-state index in [1.807, 2.05) is 47.3 Å². The van der Waals surface area contributed by atoms with Crippen LogP contribution in [0.2, 0.25) is 0 Å². The van der Waals surface area contributed by atoms with Crippen molar-refractivity contribution in [2.45, 2.75) is 75.9 Å². The first-order chi connectivity index (χ1) is 15.6. The third-order valence-corrected chi connectivity index (χ3v) is 7.79. The first-order valence-electron chi connectivity index (χ1n) is 12.1. The van der Waals surface area contributed by atoms with Crippen LogP contribution in [0.5, 0.6) is 5.75 Å². The molecule has 1 aromatic rings. The Hall–Kier alpha value is -2.22. The zero-order chi connectivity index (χ0) is 23.3. The lowest BCUT2D eigenvalue weighted by atomic mass is 9.82. The summed E-state index contributed by atoms with van der Waals surface area (Å²) in [4.78, 5) is 14.5. The number of hydrogen-bond donors (Lipinski definition) is 1. The van der Waals surface area contributed by atoms with Gasteiger partial charge in [0.1, 0.15) is 5.75 Å². The number of carbonyl (C=O) groups excluding carboxylic acids is 1. The van der Waals surface area contributed by atoms with Crippen molar-refractivity contribution in [2.75, 3.05) is 24.7 Å². The van der Waals surface area contributed by atoms with Crippen molar-refractivity contribution in [3.05, 3.63) is 24.3 Å². The van der Waals surface area contributed by atoms with E-state index in [4.69, 9.17) is 4.74 Å². The van der Waals surface area contributed by atoms with Crippen LogP contribution in [0.15, 0.2) is 29.4 Å². The molecule has 0 aromatic heterocycles. The van der Waals surface area contributed by atoms with E-state index in [1.165, 1.54) is 0 Å². The summed E-state index contributed by atoms with van der Waals surface area (Å²) in [6.45, 7) is 3.52. The molecule has 0 spiro atoms. The summed E-state index contributed by atoms with van der Waals surface area (Å²) in [5, 5.41) is 17.7. The number of aliphatic hydroxyl groups is 1. The lowest BCUT2D eigenvalue weighted by Gasteiger charge is -2.41.